The molecule has 0 fully saturated rings. The summed E-state index contributed by atoms with van der Waals surface area (Å²) in [5, 5.41) is 2.56. The number of anilines is 2. The van der Waals surface area contributed by atoms with Gasteiger partial charge in [-0.3, -0.25) is 9.52 Å². The summed E-state index contributed by atoms with van der Waals surface area (Å²) in [5.41, 5.74) is 0.378. The van der Waals surface area contributed by atoms with Gasteiger partial charge < -0.3 is 24.3 Å². The zero-order valence-electron chi connectivity index (χ0n) is 19.5. The number of carbonyl (C=O) groups is 2. The minimum atomic E-state index is -3.92. The first-order valence-corrected chi connectivity index (χ1v) is 11.8. The molecule has 190 valence electrons. The fourth-order valence-electron chi connectivity index (χ4n) is 3.04. The molecule has 0 saturated heterocycles. The van der Waals surface area contributed by atoms with Gasteiger partial charge in [0.1, 0.15) is 11.6 Å². The summed E-state index contributed by atoms with van der Waals surface area (Å²) in [4.78, 5) is 24.5. The average Bonchev–Trinajstić information content (AvgIpc) is 2.88. The standard InChI is InChI=1S/C24H23FN2O8S/c1-32-21-12-19(24(29)34-3)20(13-22(21)33-2)26-23(28)14-35-17-8-10-18(11-9-17)36(30,31)27-16-6-4-15(25)5-7-16/h4-13,27H,14H2,1-3H3,(H,26,28). The lowest BCUT2D eigenvalue weighted by molar-refractivity contribution is -0.118. The molecule has 0 atom stereocenters. The third kappa shape index (κ3) is 6.42. The zero-order chi connectivity index (χ0) is 26.3. The Kier molecular flexibility index (Phi) is 8.33. The quantitative estimate of drug-likeness (QED) is 0.391. The summed E-state index contributed by atoms with van der Waals surface area (Å²) in [6.07, 6.45) is 0. The number of halogens is 1. The Morgan fingerprint density at radius 3 is 2.08 bits per heavy atom. The minimum absolute atomic E-state index is 0.0479. The molecule has 1 amide bonds. The summed E-state index contributed by atoms with van der Waals surface area (Å²) in [5.74, 6) is -0.994. The van der Waals surface area contributed by atoms with Crippen molar-refractivity contribution >= 4 is 33.3 Å². The van der Waals surface area contributed by atoms with Crippen LogP contribution in [0, 0.1) is 5.82 Å². The Bertz CT molecular complexity index is 1340. The third-order valence-corrected chi connectivity index (χ3v) is 6.20. The molecule has 0 aliphatic rings. The average molecular weight is 519 g/mol. The monoisotopic (exact) mass is 518 g/mol. The summed E-state index contributed by atoms with van der Waals surface area (Å²) in [7, 11) is 0.0945. The van der Waals surface area contributed by atoms with Gasteiger partial charge in [-0.15, -0.1) is 0 Å². The van der Waals surface area contributed by atoms with Crippen LogP contribution in [-0.2, 0) is 19.6 Å². The molecule has 0 saturated carbocycles. The van der Waals surface area contributed by atoms with Crippen LogP contribution in [0.25, 0.3) is 0 Å². The van der Waals surface area contributed by atoms with Gasteiger partial charge in [-0.05, 0) is 48.5 Å². The molecule has 0 aliphatic carbocycles. The number of sulfonamides is 1. The van der Waals surface area contributed by atoms with E-state index in [9.17, 15) is 22.4 Å². The number of hydrogen-bond donors (Lipinski definition) is 2. The lowest BCUT2D eigenvalue weighted by Gasteiger charge is -2.15. The van der Waals surface area contributed by atoms with E-state index in [-0.39, 0.29) is 39.1 Å². The Hall–Kier alpha value is -4.32. The Labute approximate surface area is 207 Å². The summed E-state index contributed by atoms with van der Waals surface area (Å²) in [6, 6.07) is 13.0. The van der Waals surface area contributed by atoms with E-state index in [2.05, 4.69) is 10.0 Å². The van der Waals surface area contributed by atoms with Crippen molar-refractivity contribution in [2.45, 2.75) is 4.90 Å². The van der Waals surface area contributed by atoms with E-state index in [0.29, 0.717) is 0 Å². The van der Waals surface area contributed by atoms with Gasteiger partial charge in [0.2, 0.25) is 0 Å². The van der Waals surface area contributed by atoms with Crippen LogP contribution in [0.4, 0.5) is 15.8 Å². The van der Waals surface area contributed by atoms with Crippen molar-refractivity contribution in [2.24, 2.45) is 0 Å². The van der Waals surface area contributed by atoms with Crippen LogP contribution < -0.4 is 24.2 Å². The first-order chi connectivity index (χ1) is 17.2. The fraction of sp³-hybridized carbons (Fsp3) is 0.167. The molecule has 2 N–H and O–H groups in total. The molecule has 36 heavy (non-hydrogen) atoms. The number of esters is 1. The molecule has 0 aromatic heterocycles. The van der Waals surface area contributed by atoms with E-state index in [0.717, 1.165) is 12.1 Å². The van der Waals surface area contributed by atoms with Gasteiger partial charge in [-0.1, -0.05) is 0 Å². The number of carbonyl (C=O) groups excluding carboxylic acids is 2. The highest BCUT2D eigenvalue weighted by molar-refractivity contribution is 7.92. The van der Waals surface area contributed by atoms with Gasteiger partial charge in [0.25, 0.3) is 15.9 Å². The number of methoxy groups -OCH3 is 3. The van der Waals surface area contributed by atoms with Crippen molar-refractivity contribution in [3.8, 4) is 17.2 Å². The molecule has 0 heterocycles. The largest absolute Gasteiger partial charge is 0.493 e. The first kappa shape index (κ1) is 26.3. The predicted octanol–water partition coefficient (Wildman–Crippen LogP) is 3.45. The normalized spacial score (nSPS) is 10.8. The molecule has 0 spiro atoms. The summed E-state index contributed by atoms with van der Waals surface area (Å²) >= 11 is 0. The van der Waals surface area contributed by atoms with Crippen molar-refractivity contribution in [2.75, 3.05) is 38.0 Å². The molecule has 0 bridgehead atoms. The van der Waals surface area contributed by atoms with E-state index < -0.39 is 34.3 Å². The zero-order valence-corrected chi connectivity index (χ0v) is 20.3. The van der Waals surface area contributed by atoms with Crippen LogP contribution in [0.15, 0.2) is 65.6 Å². The van der Waals surface area contributed by atoms with Gasteiger partial charge in [0, 0.05) is 17.8 Å². The molecule has 0 radical (unpaired) electrons. The first-order valence-electron chi connectivity index (χ1n) is 10.3. The van der Waals surface area contributed by atoms with Crippen molar-refractivity contribution in [3.63, 3.8) is 0 Å². The molecule has 3 aromatic rings. The lowest BCUT2D eigenvalue weighted by atomic mass is 10.1. The highest BCUT2D eigenvalue weighted by atomic mass is 32.2. The lowest BCUT2D eigenvalue weighted by Crippen LogP contribution is -2.22. The second-order valence-corrected chi connectivity index (χ2v) is 8.85. The van der Waals surface area contributed by atoms with E-state index in [1.54, 1.807) is 0 Å². The number of amides is 1. The highest BCUT2D eigenvalue weighted by Gasteiger charge is 2.20. The van der Waals surface area contributed by atoms with Crippen molar-refractivity contribution < 1.29 is 41.3 Å². The molecule has 0 unspecified atom stereocenters. The van der Waals surface area contributed by atoms with Gasteiger partial charge in [0.15, 0.2) is 18.1 Å². The number of ether oxygens (including phenoxy) is 4. The van der Waals surface area contributed by atoms with Gasteiger partial charge in [0.05, 0.1) is 37.5 Å². The second-order valence-electron chi connectivity index (χ2n) is 7.17. The van der Waals surface area contributed by atoms with Crippen LogP contribution >= 0.6 is 0 Å². The SMILES string of the molecule is COC(=O)c1cc(OC)c(OC)cc1NC(=O)COc1ccc(S(=O)(=O)Nc2ccc(F)cc2)cc1. The van der Waals surface area contributed by atoms with Crippen LogP contribution in [0.1, 0.15) is 10.4 Å². The summed E-state index contributed by atoms with van der Waals surface area (Å²) in [6.45, 7) is -0.436. The van der Waals surface area contributed by atoms with Crippen LogP contribution in [0.2, 0.25) is 0 Å². The molecular weight excluding hydrogens is 495 g/mol. The maximum Gasteiger partial charge on any atom is 0.340 e. The van der Waals surface area contributed by atoms with Gasteiger partial charge >= 0.3 is 5.97 Å². The maximum absolute atomic E-state index is 13.0. The van der Waals surface area contributed by atoms with Crippen molar-refractivity contribution in [1.82, 2.24) is 0 Å². The Morgan fingerprint density at radius 1 is 0.889 bits per heavy atom. The van der Waals surface area contributed by atoms with Crippen molar-refractivity contribution in [1.29, 1.82) is 0 Å². The Morgan fingerprint density at radius 2 is 1.50 bits per heavy atom. The van der Waals surface area contributed by atoms with Gasteiger partial charge in [-0.25, -0.2) is 17.6 Å². The molecule has 3 rings (SSSR count). The molecule has 0 aliphatic heterocycles. The van der Waals surface area contributed by atoms with Crippen molar-refractivity contribution in [3.05, 3.63) is 72.0 Å². The van der Waals surface area contributed by atoms with E-state index in [1.807, 2.05) is 0 Å². The Balaban J connectivity index is 1.66. The van der Waals surface area contributed by atoms with Crippen LogP contribution in [0.5, 0.6) is 17.2 Å². The third-order valence-electron chi connectivity index (χ3n) is 4.80. The number of rotatable bonds is 10. The smallest absolute Gasteiger partial charge is 0.340 e. The molecular formula is C24H23FN2O8S. The van der Waals surface area contributed by atoms with E-state index in [1.165, 1.54) is 69.9 Å². The number of nitrogens with one attached hydrogen (secondary N) is 2. The topological polar surface area (TPSA) is 129 Å². The molecule has 10 nitrogen and oxygen atoms in total. The van der Waals surface area contributed by atoms with Crippen LogP contribution in [-0.4, -0.2) is 48.2 Å². The molecule has 12 heteroatoms. The molecule has 3 aromatic carbocycles. The maximum atomic E-state index is 13.0. The van der Waals surface area contributed by atoms with E-state index in [4.69, 9.17) is 18.9 Å². The number of benzene rings is 3. The highest BCUT2D eigenvalue weighted by Crippen LogP contribution is 2.33. The minimum Gasteiger partial charge on any atom is -0.493 e. The fourth-order valence-corrected chi connectivity index (χ4v) is 4.10. The summed E-state index contributed by atoms with van der Waals surface area (Å²) < 4.78 is 60.9. The van der Waals surface area contributed by atoms with E-state index >= 15 is 0 Å². The van der Waals surface area contributed by atoms with Crippen LogP contribution in [0.3, 0.4) is 0 Å². The number of hydrogen-bond acceptors (Lipinski definition) is 8. The van der Waals surface area contributed by atoms with Gasteiger partial charge in [-0.2, -0.15) is 0 Å². The second kappa shape index (κ2) is 11.4. The predicted molar refractivity (Wildman–Crippen MR) is 129 cm³/mol.